The molecule has 0 heterocycles. The number of hydrogen-bond acceptors (Lipinski definition) is 3. The van der Waals surface area contributed by atoms with Gasteiger partial charge in [0.2, 0.25) is 0 Å². The highest BCUT2D eigenvalue weighted by atomic mass is 16.5. The Bertz CT molecular complexity index is 492. The molecule has 2 N–H and O–H groups in total. The van der Waals surface area contributed by atoms with Crippen LogP contribution >= 0.6 is 0 Å². The van der Waals surface area contributed by atoms with E-state index in [1.54, 1.807) is 13.8 Å². The lowest BCUT2D eigenvalue weighted by Gasteiger charge is -2.24. The molecule has 1 aromatic carbocycles. The molecule has 1 rings (SSSR count). The van der Waals surface area contributed by atoms with Crippen molar-refractivity contribution in [1.82, 2.24) is 5.32 Å². The molecule has 0 saturated heterocycles. The number of amides is 1. The van der Waals surface area contributed by atoms with Gasteiger partial charge in [0.15, 0.2) is 6.61 Å². The Morgan fingerprint density at radius 1 is 1.24 bits per heavy atom. The fraction of sp³-hybridized carbons (Fsp3) is 0.500. The average Bonchev–Trinajstić information content (AvgIpc) is 2.34. The van der Waals surface area contributed by atoms with E-state index in [-0.39, 0.29) is 18.9 Å². The molecule has 0 aliphatic rings. The maximum atomic E-state index is 11.8. The van der Waals surface area contributed by atoms with Crippen LogP contribution in [0.1, 0.15) is 45.6 Å². The normalized spacial score (nSPS) is 11.3. The van der Waals surface area contributed by atoms with E-state index in [9.17, 15) is 9.59 Å². The number of benzene rings is 1. The predicted molar refractivity (Wildman–Crippen MR) is 80.5 cm³/mol. The second-order valence-electron chi connectivity index (χ2n) is 6.01. The molecule has 0 aromatic heterocycles. The minimum atomic E-state index is -0.953. The van der Waals surface area contributed by atoms with Crippen molar-refractivity contribution < 1.29 is 19.4 Å². The highest BCUT2D eigenvalue weighted by molar-refractivity contribution is 5.79. The lowest BCUT2D eigenvalue weighted by molar-refractivity contribution is -0.138. The van der Waals surface area contributed by atoms with E-state index in [4.69, 9.17) is 9.84 Å². The summed E-state index contributed by atoms with van der Waals surface area (Å²) in [6.45, 7) is 7.40. The highest BCUT2D eigenvalue weighted by Gasteiger charge is 2.23. The lowest BCUT2D eigenvalue weighted by atomic mass is 10.0. The van der Waals surface area contributed by atoms with Gasteiger partial charge in [0.1, 0.15) is 5.75 Å². The molecule has 116 valence electrons. The van der Waals surface area contributed by atoms with Crippen molar-refractivity contribution >= 4 is 11.9 Å². The van der Waals surface area contributed by atoms with E-state index in [0.29, 0.717) is 11.7 Å². The Hall–Kier alpha value is -2.04. The number of nitrogens with one attached hydrogen (secondary N) is 1. The molecule has 1 aromatic rings. The Labute approximate surface area is 125 Å². The summed E-state index contributed by atoms with van der Waals surface area (Å²) in [6, 6.07) is 7.58. The van der Waals surface area contributed by atoms with Gasteiger partial charge in [-0.25, -0.2) is 0 Å². The van der Waals surface area contributed by atoms with Gasteiger partial charge in [-0.3, -0.25) is 9.59 Å². The van der Waals surface area contributed by atoms with E-state index >= 15 is 0 Å². The summed E-state index contributed by atoms with van der Waals surface area (Å²) in [5.41, 5.74) is 0.405. The third-order valence-corrected chi connectivity index (χ3v) is 2.99. The molecule has 0 aliphatic carbocycles. The first kappa shape index (κ1) is 17.0. The summed E-state index contributed by atoms with van der Waals surface area (Å²) in [4.78, 5) is 22.4. The van der Waals surface area contributed by atoms with Gasteiger partial charge in [-0.15, -0.1) is 0 Å². The maximum Gasteiger partial charge on any atom is 0.305 e. The molecular formula is C16H23NO4. The molecule has 0 saturated carbocycles. The van der Waals surface area contributed by atoms with Crippen LogP contribution in [0.2, 0.25) is 0 Å². The van der Waals surface area contributed by atoms with Gasteiger partial charge < -0.3 is 15.2 Å². The topological polar surface area (TPSA) is 75.6 Å². The van der Waals surface area contributed by atoms with Gasteiger partial charge in [-0.05, 0) is 37.5 Å². The minimum Gasteiger partial charge on any atom is -0.484 e. The smallest absolute Gasteiger partial charge is 0.305 e. The first-order chi connectivity index (χ1) is 9.69. The van der Waals surface area contributed by atoms with Crippen molar-refractivity contribution in [3.05, 3.63) is 29.8 Å². The van der Waals surface area contributed by atoms with Crippen molar-refractivity contribution in [2.24, 2.45) is 0 Å². The molecule has 0 bridgehead atoms. The molecule has 0 radical (unpaired) electrons. The summed E-state index contributed by atoms with van der Waals surface area (Å²) in [6.07, 6.45) is -0.137. The van der Waals surface area contributed by atoms with Gasteiger partial charge in [0.05, 0.1) is 6.42 Å². The van der Waals surface area contributed by atoms with Crippen LogP contribution in [0.15, 0.2) is 24.3 Å². The summed E-state index contributed by atoms with van der Waals surface area (Å²) in [7, 11) is 0. The zero-order valence-electron chi connectivity index (χ0n) is 13.0. The Kier molecular flexibility index (Phi) is 5.76. The highest BCUT2D eigenvalue weighted by Crippen LogP contribution is 2.18. The zero-order chi connectivity index (χ0) is 16.0. The van der Waals surface area contributed by atoms with Crippen LogP contribution in [0.3, 0.4) is 0 Å². The SMILES string of the molecule is CC(C)c1ccc(OCC(=O)NC(C)(C)CC(=O)O)cc1. The van der Waals surface area contributed by atoms with Crippen LogP contribution in [0.25, 0.3) is 0 Å². The van der Waals surface area contributed by atoms with Gasteiger partial charge in [-0.1, -0.05) is 26.0 Å². The van der Waals surface area contributed by atoms with Crippen molar-refractivity contribution in [1.29, 1.82) is 0 Å². The van der Waals surface area contributed by atoms with E-state index in [1.807, 2.05) is 24.3 Å². The van der Waals surface area contributed by atoms with Crippen LogP contribution in [0.5, 0.6) is 5.75 Å². The molecule has 0 fully saturated rings. The van der Waals surface area contributed by atoms with Crippen molar-refractivity contribution in [3.8, 4) is 5.75 Å². The van der Waals surface area contributed by atoms with Gasteiger partial charge in [0, 0.05) is 5.54 Å². The third kappa shape index (κ3) is 6.29. The number of ether oxygens (including phenoxy) is 1. The maximum absolute atomic E-state index is 11.8. The van der Waals surface area contributed by atoms with Crippen LogP contribution in [-0.4, -0.2) is 29.1 Å². The number of hydrogen-bond donors (Lipinski definition) is 2. The molecule has 0 spiro atoms. The van der Waals surface area contributed by atoms with E-state index < -0.39 is 11.5 Å². The van der Waals surface area contributed by atoms with Crippen LogP contribution in [0.4, 0.5) is 0 Å². The van der Waals surface area contributed by atoms with Crippen LogP contribution < -0.4 is 10.1 Å². The fourth-order valence-electron chi connectivity index (χ4n) is 1.93. The first-order valence-electron chi connectivity index (χ1n) is 6.95. The molecule has 5 heteroatoms. The number of carbonyl (C=O) groups is 2. The zero-order valence-corrected chi connectivity index (χ0v) is 13.0. The van der Waals surface area contributed by atoms with Gasteiger partial charge in [0.25, 0.3) is 5.91 Å². The number of rotatable bonds is 7. The Morgan fingerprint density at radius 3 is 2.29 bits per heavy atom. The standard InChI is InChI=1S/C16H23NO4/c1-11(2)12-5-7-13(8-6-12)21-10-14(18)17-16(3,4)9-15(19)20/h5-8,11H,9-10H2,1-4H3,(H,17,18)(H,19,20). The quantitative estimate of drug-likeness (QED) is 0.810. The van der Waals surface area contributed by atoms with E-state index in [0.717, 1.165) is 0 Å². The molecule has 5 nitrogen and oxygen atoms in total. The summed E-state index contributed by atoms with van der Waals surface area (Å²) >= 11 is 0. The third-order valence-electron chi connectivity index (χ3n) is 2.99. The molecule has 0 unspecified atom stereocenters. The minimum absolute atomic E-state index is 0.135. The molecular weight excluding hydrogens is 270 g/mol. The van der Waals surface area contributed by atoms with Crippen molar-refractivity contribution in [2.75, 3.05) is 6.61 Å². The number of aliphatic carboxylic acids is 1. The average molecular weight is 293 g/mol. The second-order valence-corrected chi connectivity index (χ2v) is 6.01. The summed E-state index contributed by atoms with van der Waals surface area (Å²) in [5.74, 6) is -0.232. The molecule has 1 amide bonds. The molecule has 0 atom stereocenters. The lowest BCUT2D eigenvalue weighted by Crippen LogP contribution is -2.46. The van der Waals surface area contributed by atoms with Crippen LogP contribution in [0, 0.1) is 0 Å². The molecule has 21 heavy (non-hydrogen) atoms. The Morgan fingerprint density at radius 2 is 1.81 bits per heavy atom. The largest absolute Gasteiger partial charge is 0.484 e. The first-order valence-corrected chi connectivity index (χ1v) is 6.95. The van der Waals surface area contributed by atoms with Gasteiger partial charge >= 0.3 is 5.97 Å². The van der Waals surface area contributed by atoms with Gasteiger partial charge in [-0.2, -0.15) is 0 Å². The summed E-state index contributed by atoms with van der Waals surface area (Å²) in [5, 5.41) is 11.4. The second kappa shape index (κ2) is 7.11. The molecule has 0 aliphatic heterocycles. The van der Waals surface area contributed by atoms with E-state index in [1.165, 1.54) is 5.56 Å². The number of carboxylic acids is 1. The van der Waals surface area contributed by atoms with Crippen molar-refractivity contribution in [2.45, 2.75) is 45.6 Å². The monoisotopic (exact) mass is 293 g/mol. The van der Waals surface area contributed by atoms with E-state index in [2.05, 4.69) is 19.2 Å². The van der Waals surface area contributed by atoms with Crippen LogP contribution in [-0.2, 0) is 9.59 Å². The fourth-order valence-corrected chi connectivity index (χ4v) is 1.93. The summed E-state index contributed by atoms with van der Waals surface area (Å²) < 4.78 is 5.39. The Balaban J connectivity index is 2.47. The number of carbonyl (C=O) groups excluding carboxylic acids is 1. The number of carboxylic acid groups (broad SMARTS) is 1. The predicted octanol–water partition coefficient (Wildman–Crippen LogP) is 2.56. The van der Waals surface area contributed by atoms with Crippen molar-refractivity contribution in [3.63, 3.8) is 0 Å².